The number of ether oxygens (including phenoxy) is 1. The van der Waals surface area contributed by atoms with E-state index >= 15 is 0 Å². The average Bonchev–Trinajstić information content (AvgIpc) is 2.68. The summed E-state index contributed by atoms with van der Waals surface area (Å²) in [5, 5.41) is 1.30. The van der Waals surface area contributed by atoms with Crippen molar-refractivity contribution in [2.24, 2.45) is 4.99 Å². The molecule has 1 aliphatic heterocycles. The standard InChI is InChI=1S/C13H14N2O.ClH/c1-8-13-11(5-6-14-8)10-4-3-9(16-2)7-12(10)15-13;/h3-4,7,15H,5-6H2,1-2H3;1H. The predicted octanol–water partition coefficient (Wildman–Crippen LogP) is 2.96. The molecule has 3 rings (SSSR count). The van der Waals surface area contributed by atoms with Gasteiger partial charge in [-0.25, -0.2) is 0 Å². The molecular weight excluding hydrogens is 236 g/mol. The van der Waals surface area contributed by atoms with Crippen molar-refractivity contribution in [2.45, 2.75) is 13.3 Å². The third-order valence-electron chi connectivity index (χ3n) is 3.19. The fraction of sp³-hybridized carbons (Fsp3) is 0.308. The second-order valence-corrected chi connectivity index (χ2v) is 4.11. The molecule has 0 aliphatic carbocycles. The molecule has 0 saturated heterocycles. The molecule has 0 saturated carbocycles. The molecule has 90 valence electrons. The number of fused-ring (bicyclic) bond motifs is 3. The van der Waals surface area contributed by atoms with Crippen LogP contribution in [0.4, 0.5) is 0 Å². The molecule has 0 amide bonds. The van der Waals surface area contributed by atoms with Crippen molar-refractivity contribution >= 4 is 29.0 Å². The van der Waals surface area contributed by atoms with E-state index in [-0.39, 0.29) is 12.4 Å². The van der Waals surface area contributed by atoms with Gasteiger partial charge in [0.15, 0.2) is 0 Å². The first-order valence-corrected chi connectivity index (χ1v) is 5.49. The molecule has 17 heavy (non-hydrogen) atoms. The van der Waals surface area contributed by atoms with Crippen molar-refractivity contribution in [1.82, 2.24) is 4.98 Å². The maximum absolute atomic E-state index is 5.23. The summed E-state index contributed by atoms with van der Waals surface area (Å²) < 4.78 is 5.23. The van der Waals surface area contributed by atoms with Crippen LogP contribution in [-0.4, -0.2) is 24.4 Å². The van der Waals surface area contributed by atoms with E-state index < -0.39 is 0 Å². The topological polar surface area (TPSA) is 37.4 Å². The van der Waals surface area contributed by atoms with E-state index in [1.54, 1.807) is 7.11 Å². The monoisotopic (exact) mass is 250 g/mol. The molecule has 1 aliphatic rings. The zero-order chi connectivity index (χ0) is 11.1. The summed E-state index contributed by atoms with van der Waals surface area (Å²) in [6, 6.07) is 6.18. The lowest BCUT2D eigenvalue weighted by Crippen LogP contribution is -2.08. The number of hydrogen-bond acceptors (Lipinski definition) is 2. The minimum absolute atomic E-state index is 0. The van der Waals surface area contributed by atoms with Gasteiger partial charge in [0, 0.05) is 23.5 Å². The fourth-order valence-corrected chi connectivity index (χ4v) is 2.34. The van der Waals surface area contributed by atoms with Gasteiger partial charge in [-0.15, -0.1) is 12.4 Å². The van der Waals surface area contributed by atoms with Gasteiger partial charge in [0.2, 0.25) is 0 Å². The van der Waals surface area contributed by atoms with E-state index in [9.17, 15) is 0 Å². The van der Waals surface area contributed by atoms with E-state index in [1.165, 1.54) is 16.6 Å². The third-order valence-corrected chi connectivity index (χ3v) is 3.19. The molecule has 0 radical (unpaired) electrons. The first-order chi connectivity index (χ1) is 7.79. The average molecular weight is 251 g/mol. The summed E-state index contributed by atoms with van der Waals surface area (Å²) in [7, 11) is 1.69. The van der Waals surface area contributed by atoms with Crippen molar-refractivity contribution in [1.29, 1.82) is 0 Å². The van der Waals surface area contributed by atoms with Gasteiger partial charge in [0.1, 0.15) is 5.75 Å². The molecule has 0 spiro atoms. The largest absolute Gasteiger partial charge is 0.497 e. The van der Waals surface area contributed by atoms with Crippen molar-refractivity contribution in [3.8, 4) is 5.75 Å². The van der Waals surface area contributed by atoms with Gasteiger partial charge in [0.05, 0.1) is 18.5 Å². The number of nitrogens with one attached hydrogen (secondary N) is 1. The summed E-state index contributed by atoms with van der Waals surface area (Å²) >= 11 is 0. The van der Waals surface area contributed by atoms with Crippen molar-refractivity contribution < 1.29 is 4.74 Å². The van der Waals surface area contributed by atoms with E-state index in [2.05, 4.69) is 23.0 Å². The Morgan fingerprint density at radius 3 is 2.94 bits per heavy atom. The lowest BCUT2D eigenvalue weighted by Gasteiger charge is -2.09. The van der Waals surface area contributed by atoms with Gasteiger partial charge in [-0.1, -0.05) is 0 Å². The Balaban J connectivity index is 0.00000108. The van der Waals surface area contributed by atoms with Crippen molar-refractivity contribution in [2.75, 3.05) is 13.7 Å². The third kappa shape index (κ3) is 1.80. The number of rotatable bonds is 1. The van der Waals surface area contributed by atoms with E-state index in [0.717, 1.165) is 29.9 Å². The van der Waals surface area contributed by atoms with E-state index in [4.69, 9.17) is 4.74 Å². The van der Waals surface area contributed by atoms with E-state index in [1.807, 2.05) is 12.1 Å². The number of aromatic nitrogens is 1. The molecule has 2 heterocycles. The highest BCUT2D eigenvalue weighted by molar-refractivity contribution is 6.05. The maximum atomic E-state index is 5.23. The lowest BCUT2D eigenvalue weighted by molar-refractivity contribution is 0.415. The summed E-state index contributed by atoms with van der Waals surface area (Å²) in [5.41, 5.74) is 4.83. The van der Waals surface area contributed by atoms with Crippen LogP contribution in [0.1, 0.15) is 18.2 Å². The van der Waals surface area contributed by atoms with Crippen LogP contribution in [0, 0.1) is 0 Å². The highest BCUT2D eigenvalue weighted by atomic mass is 35.5. The van der Waals surface area contributed by atoms with Crippen LogP contribution in [0.3, 0.4) is 0 Å². The van der Waals surface area contributed by atoms with Crippen LogP contribution in [0.15, 0.2) is 23.2 Å². The molecule has 4 heteroatoms. The first-order valence-electron chi connectivity index (χ1n) is 5.49. The molecular formula is C13H15ClN2O. The van der Waals surface area contributed by atoms with E-state index in [0.29, 0.717) is 0 Å². The van der Waals surface area contributed by atoms with Gasteiger partial charge >= 0.3 is 0 Å². The second-order valence-electron chi connectivity index (χ2n) is 4.11. The number of aliphatic imine (C=N–C) groups is 1. The van der Waals surface area contributed by atoms with Crippen LogP contribution in [-0.2, 0) is 6.42 Å². The van der Waals surface area contributed by atoms with Crippen LogP contribution >= 0.6 is 12.4 Å². The summed E-state index contributed by atoms with van der Waals surface area (Å²) in [5.74, 6) is 0.890. The first kappa shape index (κ1) is 12.0. The van der Waals surface area contributed by atoms with Crippen LogP contribution in [0.5, 0.6) is 5.75 Å². The summed E-state index contributed by atoms with van der Waals surface area (Å²) in [4.78, 5) is 7.89. The van der Waals surface area contributed by atoms with Crippen molar-refractivity contribution in [3.63, 3.8) is 0 Å². The Labute approximate surface area is 106 Å². The van der Waals surface area contributed by atoms with Crippen LogP contribution < -0.4 is 4.74 Å². The highest BCUT2D eigenvalue weighted by Crippen LogP contribution is 2.28. The lowest BCUT2D eigenvalue weighted by atomic mass is 10.0. The highest BCUT2D eigenvalue weighted by Gasteiger charge is 2.16. The number of benzene rings is 1. The molecule has 1 aromatic carbocycles. The van der Waals surface area contributed by atoms with Gasteiger partial charge in [-0.3, -0.25) is 4.99 Å². The number of methoxy groups -OCH3 is 1. The zero-order valence-electron chi connectivity index (χ0n) is 9.91. The van der Waals surface area contributed by atoms with Gasteiger partial charge in [0.25, 0.3) is 0 Å². The molecule has 3 nitrogen and oxygen atoms in total. The maximum Gasteiger partial charge on any atom is 0.120 e. The number of hydrogen-bond donors (Lipinski definition) is 1. The quantitative estimate of drug-likeness (QED) is 0.830. The fourth-order valence-electron chi connectivity index (χ4n) is 2.34. The smallest absolute Gasteiger partial charge is 0.120 e. The zero-order valence-corrected chi connectivity index (χ0v) is 10.7. The molecule has 0 unspecified atom stereocenters. The Kier molecular flexibility index (Phi) is 3.11. The van der Waals surface area contributed by atoms with Gasteiger partial charge < -0.3 is 9.72 Å². The molecule has 2 aromatic rings. The normalized spacial score (nSPS) is 13.9. The Morgan fingerprint density at radius 1 is 1.35 bits per heavy atom. The second kappa shape index (κ2) is 4.41. The minimum atomic E-state index is 0. The predicted molar refractivity (Wildman–Crippen MR) is 72.9 cm³/mol. The van der Waals surface area contributed by atoms with Crippen molar-refractivity contribution in [3.05, 3.63) is 29.5 Å². The summed E-state index contributed by atoms with van der Waals surface area (Å²) in [6.45, 7) is 2.96. The Morgan fingerprint density at radius 2 is 2.18 bits per heavy atom. The molecule has 0 fully saturated rings. The minimum Gasteiger partial charge on any atom is -0.497 e. The molecule has 1 aromatic heterocycles. The Bertz CT molecular complexity index is 586. The number of H-pyrrole nitrogens is 1. The number of nitrogens with zero attached hydrogens (tertiary/aromatic N) is 1. The molecule has 0 atom stereocenters. The van der Waals surface area contributed by atoms with Gasteiger partial charge in [-0.05, 0) is 31.0 Å². The van der Waals surface area contributed by atoms with Crippen LogP contribution in [0.25, 0.3) is 10.9 Å². The molecule has 0 bridgehead atoms. The number of halogens is 1. The Hall–Kier alpha value is -1.48. The number of aromatic amines is 1. The van der Waals surface area contributed by atoms with Gasteiger partial charge in [-0.2, -0.15) is 0 Å². The summed E-state index contributed by atoms with van der Waals surface area (Å²) in [6.07, 6.45) is 1.03. The SMILES string of the molecule is COc1ccc2c3c([nH]c2c1)C(C)=NCC3.Cl. The molecule has 1 N–H and O–H groups in total. The van der Waals surface area contributed by atoms with Crippen LogP contribution in [0.2, 0.25) is 0 Å².